The Balaban J connectivity index is 1.77. The maximum Gasteiger partial charge on any atom is 0.245 e. The van der Waals surface area contributed by atoms with Crippen molar-refractivity contribution >= 4 is 15.9 Å². The number of rotatable bonds is 12. The lowest BCUT2D eigenvalue weighted by Crippen LogP contribution is -2.48. The van der Waals surface area contributed by atoms with Gasteiger partial charge in [0.25, 0.3) is 0 Å². The molecule has 1 atom stereocenters. The van der Waals surface area contributed by atoms with Crippen LogP contribution in [-0.2, 0) is 27.7 Å². The Kier molecular flexibility index (Phi) is 9.26. The topological polar surface area (TPSA) is 103 Å². The van der Waals surface area contributed by atoms with Crippen LogP contribution >= 0.6 is 0 Å². The molecule has 2 N–H and O–H groups in total. The van der Waals surface area contributed by atoms with Crippen LogP contribution in [0.15, 0.2) is 71.6 Å². The van der Waals surface area contributed by atoms with Crippen LogP contribution in [0.4, 0.5) is 4.39 Å². The molecular formula is C26H29FN2O6S. The van der Waals surface area contributed by atoms with Gasteiger partial charge in [-0.15, -0.1) is 0 Å². The molecule has 0 aliphatic carbocycles. The van der Waals surface area contributed by atoms with Gasteiger partial charge in [0.15, 0.2) is 11.5 Å². The van der Waals surface area contributed by atoms with Gasteiger partial charge in [-0.05, 0) is 54.3 Å². The van der Waals surface area contributed by atoms with Crippen LogP contribution in [0.1, 0.15) is 11.1 Å². The average molecular weight is 517 g/mol. The summed E-state index contributed by atoms with van der Waals surface area (Å²) in [5, 5.41) is 2.79. The SMILES string of the molecule is COc1ccc(CCNC(=O)C(Cc2ccccc2)NS(=O)(=O)c2cc(F)ccc2OC)cc1OC. The summed E-state index contributed by atoms with van der Waals surface area (Å²) in [5.41, 5.74) is 1.66. The second kappa shape index (κ2) is 12.4. The van der Waals surface area contributed by atoms with Crippen LogP contribution < -0.4 is 24.2 Å². The summed E-state index contributed by atoms with van der Waals surface area (Å²) in [6.45, 7) is 0.255. The number of halogens is 1. The number of carbonyl (C=O) groups excluding carboxylic acids is 1. The first-order valence-corrected chi connectivity index (χ1v) is 12.6. The highest BCUT2D eigenvalue weighted by atomic mass is 32.2. The van der Waals surface area contributed by atoms with Crippen LogP contribution in [0.5, 0.6) is 17.2 Å². The van der Waals surface area contributed by atoms with E-state index in [1.54, 1.807) is 37.4 Å². The van der Waals surface area contributed by atoms with Gasteiger partial charge in [-0.2, -0.15) is 4.72 Å². The first kappa shape index (κ1) is 27.0. The molecule has 36 heavy (non-hydrogen) atoms. The lowest BCUT2D eigenvalue weighted by Gasteiger charge is -2.20. The number of ether oxygens (including phenoxy) is 3. The Labute approximate surface area is 210 Å². The lowest BCUT2D eigenvalue weighted by atomic mass is 10.1. The summed E-state index contributed by atoms with van der Waals surface area (Å²) in [4.78, 5) is 12.7. The summed E-state index contributed by atoms with van der Waals surface area (Å²) in [7, 11) is 0.0820. The van der Waals surface area contributed by atoms with Crippen LogP contribution in [0.2, 0.25) is 0 Å². The molecule has 0 saturated heterocycles. The molecule has 1 unspecified atom stereocenters. The number of nitrogens with one attached hydrogen (secondary N) is 2. The van der Waals surface area contributed by atoms with E-state index in [1.807, 2.05) is 18.2 Å². The third kappa shape index (κ3) is 6.96. The quantitative estimate of drug-likeness (QED) is 0.384. The molecule has 0 radical (unpaired) electrons. The van der Waals surface area contributed by atoms with Gasteiger partial charge >= 0.3 is 0 Å². The maximum atomic E-state index is 13.8. The molecule has 0 bridgehead atoms. The zero-order valence-corrected chi connectivity index (χ0v) is 21.1. The Bertz CT molecular complexity index is 1280. The first-order valence-electron chi connectivity index (χ1n) is 11.2. The summed E-state index contributed by atoms with van der Waals surface area (Å²) in [5.74, 6) is -0.125. The van der Waals surface area contributed by atoms with E-state index in [0.29, 0.717) is 17.9 Å². The third-order valence-corrected chi connectivity index (χ3v) is 6.97. The van der Waals surface area contributed by atoms with Crippen molar-refractivity contribution in [3.8, 4) is 17.2 Å². The van der Waals surface area contributed by atoms with Crippen molar-refractivity contribution in [2.45, 2.75) is 23.8 Å². The van der Waals surface area contributed by atoms with Crippen molar-refractivity contribution in [3.63, 3.8) is 0 Å². The molecule has 0 aliphatic rings. The molecule has 0 heterocycles. The monoisotopic (exact) mass is 516 g/mol. The van der Waals surface area contributed by atoms with Crippen LogP contribution in [0.3, 0.4) is 0 Å². The molecule has 0 aliphatic heterocycles. The highest BCUT2D eigenvalue weighted by molar-refractivity contribution is 7.89. The number of benzene rings is 3. The molecular weight excluding hydrogens is 487 g/mol. The van der Waals surface area contributed by atoms with Gasteiger partial charge in [0.05, 0.1) is 21.3 Å². The molecule has 3 rings (SSSR count). The molecule has 1 amide bonds. The molecule has 0 fully saturated rings. The lowest BCUT2D eigenvalue weighted by molar-refractivity contribution is -0.122. The standard InChI is InChI=1S/C26H29FN2O6S/c1-33-22-11-9-19(16-24(22)35-3)13-14-28-26(30)21(15-18-7-5-4-6-8-18)29-36(31,32)25-17-20(27)10-12-23(25)34-2/h4-12,16-17,21,29H,13-15H2,1-3H3,(H,28,30). The fourth-order valence-electron chi connectivity index (χ4n) is 3.64. The molecule has 3 aromatic rings. The number of sulfonamides is 1. The van der Waals surface area contributed by atoms with E-state index in [1.165, 1.54) is 20.3 Å². The van der Waals surface area contributed by atoms with Crippen molar-refractivity contribution in [1.82, 2.24) is 10.0 Å². The second-order valence-electron chi connectivity index (χ2n) is 7.89. The zero-order chi connectivity index (χ0) is 26.1. The summed E-state index contributed by atoms with van der Waals surface area (Å²) < 4.78 is 58.2. The van der Waals surface area contributed by atoms with E-state index in [0.717, 1.165) is 23.3 Å². The van der Waals surface area contributed by atoms with E-state index in [9.17, 15) is 17.6 Å². The van der Waals surface area contributed by atoms with Crippen LogP contribution in [0.25, 0.3) is 0 Å². The van der Waals surface area contributed by atoms with Gasteiger partial charge < -0.3 is 19.5 Å². The van der Waals surface area contributed by atoms with Gasteiger partial charge in [0.2, 0.25) is 15.9 Å². The Hall–Kier alpha value is -3.63. The minimum atomic E-state index is -4.29. The summed E-state index contributed by atoms with van der Waals surface area (Å²) in [6.07, 6.45) is 0.578. The normalized spacial score (nSPS) is 12.0. The van der Waals surface area contributed by atoms with Gasteiger partial charge in [0.1, 0.15) is 22.5 Å². The van der Waals surface area contributed by atoms with Crippen molar-refractivity contribution in [2.24, 2.45) is 0 Å². The molecule has 3 aromatic carbocycles. The van der Waals surface area contributed by atoms with Crippen molar-refractivity contribution in [1.29, 1.82) is 0 Å². The van der Waals surface area contributed by atoms with Crippen LogP contribution in [0, 0.1) is 5.82 Å². The smallest absolute Gasteiger partial charge is 0.245 e. The van der Waals surface area contributed by atoms with E-state index in [-0.39, 0.29) is 23.6 Å². The second-order valence-corrected chi connectivity index (χ2v) is 9.57. The third-order valence-electron chi connectivity index (χ3n) is 5.47. The van der Waals surface area contributed by atoms with E-state index < -0.39 is 27.8 Å². The van der Waals surface area contributed by atoms with Gasteiger partial charge in [-0.1, -0.05) is 36.4 Å². The number of hydrogen-bond donors (Lipinski definition) is 2. The predicted molar refractivity (Wildman–Crippen MR) is 133 cm³/mol. The molecule has 192 valence electrons. The first-order chi connectivity index (χ1) is 17.3. The van der Waals surface area contributed by atoms with E-state index in [2.05, 4.69) is 10.0 Å². The minimum Gasteiger partial charge on any atom is -0.495 e. The molecule has 8 nitrogen and oxygen atoms in total. The number of carbonyl (C=O) groups is 1. The number of hydrogen-bond acceptors (Lipinski definition) is 6. The molecule has 0 aromatic heterocycles. The molecule has 10 heteroatoms. The Morgan fingerprint density at radius 1 is 0.861 bits per heavy atom. The largest absolute Gasteiger partial charge is 0.495 e. The highest BCUT2D eigenvalue weighted by Gasteiger charge is 2.28. The van der Waals surface area contributed by atoms with E-state index in [4.69, 9.17) is 14.2 Å². The van der Waals surface area contributed by atoms with Crippen molar-refractivity contribution < 1.29 is 31.8 Å². The number of amides is 1. The fraction of sp³-hybridized carbons (Fsp3) is 0.269. The number of methoxy groups -OCH3 is 3. The van der Waals surface area contributed by atoms with Crippen molar-refractivity contribution in [2.75, 3.05) is 27.9 Å². The van der Waals surface area contributed by atoms with Crippen molar-refractivity contribution in [3.05, 3.63) is 83.7 Å². The van der Waals surface area contributed by atoms with Gasteiger partial charge in [0, 0.05) is 6.54 Å². The Morgan fingerprint density at radius 3 is 2.19 bits per heavy atom. The molecule has 0 saturated carbocycles. The maximum absolute atomic E-state index is 13.8. The summed E-state index contributed by atoms with van der Waals surface area (Å²) >= 11 is 0. The fourth-order valence-corrected chi connectivity index (χ4v) is 5.01. The predicted octanol–water partition coefficient (Wildman–Crippen LogP) is 3.10. The minimum absolute atomic E-state index is 0.0313. The van der Waals surface area contributed by atoms with Crippen LogP contribution in [-0.4, -0.2) is 48.2 Å². The molecule has 0 spiro atoms. The Morgan fingerprint density at radius 2 is 1.53 bits per heavy atom. The zero-order valence-electron chi connectivity index (χ0n) is 20.3. The van der Waals surface area contributed by atoms with E-state index >= 15 is 0 Å². The highest BCUT2D eigenvalue weighted by Crippen LogP contribution is 2.28. The van der Waals surface area contributed by atoms with Gasteiger partial charge in [-0.25, -0.2) is 12.8 Å². The average Bonchev–Trinajstić information content (AvgIpc) is 2.88. The van der Waals surface area contributed by atoms with Gasteiger partial charge in [-0.3, -0.25) is 4.79 Å². The summed E-state index contributed by atoms with van der Waals surface area (Å²) in [6, 6.07) is 16.5.